The highest BCUT2D eigenvalue weighted by Crippen LogP contribution is 2.15. The van der Waals surface area contributed by atoms with Crippen LogP contribution in [0.5, 0.6) is 0 Å². The van der Waals surface area contributed by atoms with E-state index in [4.69, 9.17) is 5.73 Å². The zero-order chi connectivity index (χ0) is 14.6. The normalized spacial score (nSPS) is 11.7. The van der Waals surface area contributed by atoms with Crippen molar-refractivity contribution >= 4 is 10.0 Å². The summed E-state index contributed by atoms with van der Waals surface area (Å²) < 4.78 is 41.8. The fourth-order valence-electron chi connectivity index (χ4n) is 1.70. The molecular weight excluding hydrogens is 283 g/mol. The van der Waals surface area contributed by atoms with Crippen molar-refractivity contribution in [3.8, 4) is 0 Å². The first kappa shape index (κ1) is 14.6. The van der Waals surface area contributed by atoms with E-state index in [1.165, 1.54) is 12.1 Å². The van der Waals surface area contributed by atoms with Gasteiger partial charge < -0.3 is 10.3 Å². The Hall–Kier alpha value is -1.77. The topological polar surface area (TPSA) is 90.0 Å². The van der Waals surface area contributed by atoms with Gasteiger partial charge in [-0.25, -0.2) is 22.5 Å². The van der Waals surface area contributed by atoms with Crippen LogP contribution in [0.4, 0.5) is 4.39 Å². The lowest BCUT2D eigenvalue weighted by atomic mass is 10.2. The number of nitrogens with zero attached hydrogens (tertiary/aromatic N) is 2. The van der Waals surface area contributed by atoms with E-state index in [9.17, 15) is 12.8 Å². The lowest BCUT2D eigenvalue weighted by Gasteiger charge is -2.09. The Balaban J connectivity index is 2.06. The third kappa shape index (κ3) is 3.41. The van der Waals surface area contributed by atoms with Gasteiger partial charge in [-0.3, -0.25) is 0 Å². The van der Waals surface area contributed by atoms with E-state index in [0.29, 0.717) is 12.1 Å². The Morgan fingerprint density at radius 1 is 1.40 bits per heavy atom. The molecule has 0 spiro atoms. The van der Waals surface area contributed by atoms with Gasteiger partial charge in [0, 0.05) is 32.0 Å². The number of halogens is 1. The molecule has 1 heterocycles. The number of benzene rings is 1. The van der Waals surface area contributed by atoms with Crippen molar-refractivity contribution < 1.29 is 12.8 Å². The maximum absolute atomic E-state index is 13.7. The van der Waals surface area contributed by atoms with Crippen LogP contribution >= 0.6 is 0 Å². The molecule has 20 heavy (non-hydrogen) atoms. The monoisotopic (exact) mass is 298 g/mol. The second kappa shape index (κ2) is 6.12. The molecule has 3 N–H and O–H groups in total. The van der Waals surface area contributed by atoms with Crippen molar-refractivity contribution in [2.45, 2.75) is 18.0 Å². The molecule has 6 nitrogen and oxygen atoms in total. The van der Waals surface area contributed by atoms with E-state index in [1.807, 2.05) is 0 Å². The summed E-state index contributed by atoms with van der Waals surface area (Å²) in [6, 6.07) is 3.84. The minimum absolute atomic E-state index is 0.150. The minimum Gasteiger partial charge on any atom is -0.336 e. The van der Waals surface area contributed by atoms with Crippen LogP contribution in [-0.4, -0.2) is 24.5 Å². The number of imidazole rings is 1. The van der Waals surface area contributed by atoms with Crippen molar-refractivity contribution in [2.75, 3.05) is 6.54 Å². The fourth-order valence-corrected chi connectivity index (χ4v) is 2.77. The van der Waals surface area contributed by atoms with Crippen LogP contribution in [0.2, 0.25) is 0 Å². The summed E-state index contributed by atoms with van der Waals surface area (Å²) >= 11 is 0. The van der Waals surface area contributed by atoms with E-state index < -0.39 is 15.8 Å². The number of sulfonamides is 1. The lowest BCUT2D eigenvalue weighted by molar-refractivity contribution is 0.551. The first-order valence-electron chi connectivity index (χ1n) is 5.97. The fraction of sp³-hybridized carbons (Fsp3) is 0.250. The summed E-state index contributed by atoms with van der Waals surface area (Å²) in [7, 11) is -3.87. The highest BCUT2D eigenvalue weighted by Gasteiger charge is 2.18. The first-order chi connectivity index (χ1) is 9.53. The van der Waals surface area contributed by atoms with E-state index in [2.05, 4.69) is 9.71 Å². The number of nitrogens with two attached hydrogens (primary N) is 1. The molecule has 0 saturated heterocycles. The van der Waals surface area contributed by atoms with Gasteiger partial charge in [-0.15, -0.1) is 0 Å². The SMILES string of the molecule is NCc1ccc(S(=O)(=O)NCCn2ccnc2)c(F)c1. The minimum atomic E-state index is -3.87. The number of hydrogen-bond donors (Lipinski definition) is 2. The van der Waals surface area contributed by atoms with Crippen LogP contribution < -0.4 is 10.5 Å². The van der Waals surface area contributed by atoms with E-state index in [1.54, 1.807) is 23.3 Å². The van der Waals surface area contributed by atoms with Crippen LogP contribution in [0.15, 0.2) is 41.8 Å². The number of rotatable bonds is 6. The van der Waals surface area contributed by atoms with Gasteiger partial charge in [0.2, 0.25) is 10.0 Å². The quantitative estimate of drug-likeness (QED) is 0.810. The number of nitrogens with one attached hydrogen (secondary N) is 1. The maximum atomic E-state index is 13.7. The van der Waals surface area contributed by atoms with Crippen LogP contribution in [-0.2, 0) is 23.1 Å². The average molecular weight is 298 g/mol. The predicted molar refractivity (Wildman–Crippen MR) is 71.7 cm³/mol. The molecule has 0 atom stereocenters. The molecule has 0 bridgehead atoms. The standard InChI is InChI=1S/C12H15FN4O2S/c13-11-7-10(8-14)1-2-12(11)20(18,19)16-4-6-17-5-3-15-9-17/h1-3,5,7,9,16H,4,6,8,14H2. The van der Waals surface area contributed by atoms with Crippen LogP contribution in [0.3, 0.4) is 0 Å². The molecule has 0 amide bonds. The molecule has 0 unspecified atom stereocenters. The summed E-state index contributed by atoms with van der Waals surface area (Å²) in [6.45, 7) is 0.726. The van der Waals surface area contributed by atoms with Crippen LogP contribution in [0, 0.1) is 5.82 Å². The van der Waals surface area contributed by atoms with Gasteiger partial charge in [0.15, 0.2) is 0 Å². The third-order valence-electron chi connectivity index (χ3n) is 2.74. The highest BCUT2D eigenvalue weighted by molar-refractivity contribution is 7.89. The van der Waals surface area contributed by atoms with Gasteiger partial charge in [-0.05, 0) is 17.7 Å². The Labute approximate surface area is 116 Å². The molecule has 1 aromatic heterocycles. The summed E-state index contributed by atoms with van der Waals surface area (Å²) in [5.74, 6) is -0.803. The molecule has 8 heteroatoms. The molecule has 0 saturated carbocycles. The van der Waals surface area contributed by atoms with E-state index in [-0.39, 0.29) is 18.0 Å². The summed E-state index contributed by atoms with van der Waals surface area (Å²) in [5.41, 5.74) is 5.91. The number of aromatic nitrogens is 2. The third-order valence-corrected chi connectivity index (χ3v) is 4.24. The molecule has 108 valence electrons. The second-order valence-corrected chi connectivity index (χ2v) is 5.90. The van der Waals surface area contributed by atoms with Crippen molar-refractivity contribution in [1.29, 1.82) is 0 Å². The van der Waals surface area contributed by atoms with Gasteiger partial charge in [0.25, 0.3) is 0 Å². The summed E-state index contributed by atoms with van der Waals surface area (Å²) in [5, 5.41) is 0. The first-order valence-corrected chi connectivity index (χ1v) is 7.45. The largest absolute Gasteiger partial charge is 0.336 e. The molecule has 0 fully saturated rings. The summed E-state index contributed by atoms with van der Waals surface area (Å²) in [4.78, 5) is 3.47. The van der Waals surface area contributed by atoms with Gasteiger partial charge in [0.1, 0.15) is 10.7 Å². The lowest BCUT2D eigenvalue weighted by Crippen LogP contribution is -2.28. The molecule has 2 rings (SSSR count). The smallest absolute Gasteiger partial charge is 0.243 e. The predicted octanol–water partition coefficient (Wildman–Crippen LogP) is 0.459. The van der Waals surface area contributed by atoms with Crippen LogP contribution in [0.25, 0.3) is 0 Å². The Kier molecular flexibility index (Phi) is 4.48. The molecule has 0 radical (unpaired) electrons. The zero-order valence-electron chi connectivity index (χ0n) is 10.7. The highest BCUT2D eigenvalue weighted by atomic mass is 32.2. The Morgan fingerprint density at radius 2 is 2.20 bits per heavy atom. The summed E-state index contributed by atoms with van der Waals surface area (Å²) in [6.07, 6.45) is 4.88. The molecule has 0 aliphatic rings. The molecule has 0 aliphatic heterocycles. The van der Waals surface area contributed by atoms with Crippen LogP contribution in [0.1, 0.15) is 5.56 Å². The van der Waals surface area contributed by atoms with Gasteiger partial charge in [-0.2, -0.15) is 0 Å². The Bertz CT molecular complexity index is 671. The van der Waals surface area contributed by atoms with Crippen molar-refractivity contribution in [3.05, 3.63) is 48.3 Å². The van der Waals surface area contributed by atoms with Crippen molar-refractivity contribution in [2.24, 2.45) is 5.73 Å². The Morgan fingerprint density at radius 3 is 2.80 bits per heavy atom. The molecular formula is C12H15FN4O2S. The van der Waals surface area contributed by atoms with Gasteiger partial charge in [-0.1, -0.05) is 6.07 Å². The van der Waals surface area contributed by atoms with E-state index in [0.717, 1.165) is 6.07 Å². The second-order valence-electron chi connectivity index (χ2n) is 4.17. The van der Waals surface area contributed by atoms with Gasteiger partial charge in [0.05, 0.1) is 6.33 Å². The molecule has 1 aromatic carbocycles. The number of hydrogen-bond acceptors (Lipinski definition) is 4. The molecule has 0 aliphatic carbocycles. The van der Waals surface area contributed by atoms with Gasteiger partial charge >= 0.3 is 0 Å². The average Bonchev–Trinajstić information content (AvgIpc) is 2.91. The van der Waals surface area contributed by atoms with Crippen molar-refractivity contribution in [3.63, 3.8) is 0 Å². The zero-order valence-corrected chi connectivity index (χ0v) is 11.5. The maximum Gasteiger partial charge on any atom is 0.243 e. The van der Waals surface area contributed by atoms with Crippen molar-refractivity contribution in [1.82, 2.24) is 14.3 Å². The molecule has 2 aromatic rings. The van der Waals surface area contributed by atoms with E-state index >= 15 is 0 Å².